The van der Waals surface area contributed by atoms with E-state index in [0.29, 0.717) is 17.3 Å². The number of methoxy groups -OCH3 is 1. The molecule has 0 unspecified atom stereocenters. The number of anilines is 5. The average Bonchev–Trinajstić information content (AvgIpc) is 2.65. The van der Waals surface area contributed by atoms with Crippen LogP contribution in [0, 0.1) is 13.8 Å². The summed E-state index contributed by atoms with van der Waals surface area (Å²) in [5.41, 5.74) is 11.1. The minimum Gasteiger partial charge on any atom is -0.495 e. The number of nitrogens with two attached hydrogens (primary N) is 1. The Morgan fingerprint density at radius 2 is 1.85 bits per heavy atom. The summed E-state index contributed by atoms with van der Waals surface area (Å²) in [7, 11) is 1.64. The highest BCUT2D eigenvalue weighted by atomic mass is 16.5. The van der Waals surface area contributed by atoms with Crippen LogP contribution in [-0.4, -0.2) is 23.6 Å². The normalized spacial score (nSPS) is 10.5. The number of aromatic nitrogens is 2. The zero-order valence-corrected chi connectivity index (χ0v) is 16.2. The molecule has 0 saturated heterocycles. The molecule has 3 rings (SSSR count). The predicted molar refractivity (Wildman–Crippen MR) is 111 cm³/mol. The van der Waals surface area contributed by atoms with Crippen LogP contribution in [0.5, 0.6) is 5.75 Å². The molecule has 0 atom stereocenters. The monoisotopic (exact) mass is 363 g/mol. The van der Waals surface area contributed by atoms with Gasteiger partial charge in [-0.15, -0.1) is 0 Å². The maximum atomic E-state index is 6.44. The first-order valence-corrected chi connectivity index (χ1v) is 8.89. The number of hydrogen-bond donors (Lipinski definition) is 2. The fraction of sp³-hybridized carbons (Fsp3) is 0.238. The molecule has 1 heterocycles. The number of ether oxygens (including phenoxy) is 1. The molecule has 0 saturated carbocycles. The van der Waals surface area contributed by atoms with Gasteiger partial charge in [-0.2, -0.15) is 0 Å². The summed E-state index contributed by atoms with van der Waals surface area (Å²) in [6.45, 7) is 6.89. The molecule has 0 radical (unpaired) electrons. The van der Waals surface area contributed by atoms with E-state index in [0.717, 1.165) is 29.2 Å². The van der Waals surface area contributed by atoms with Crippen molar-refractivity contribution >= 4 is 28.7 Å². The smallest absolute Gasteiger partial charge is 0.161 e. The molecule has 3 aromatic rings. The second-order valence-corrected chi connectivity index (χ2v) is 6.37. The quantitative estimate of drug-likeness (QED) is 0.667. The van der Waals surface area contributed by atoms with E-state index >= 15 is 0 Å². The first-order chi connectivity index (χ1) is 13.0. The number of nitrogens with zero attached hydrogens (tertiary/aromatic N) is 3. The summed E-state index contributed by atoms with van der Waals surface area (Å²) in [6.07, 6.45) is 1.52. The van der Waals surface area contributed by atoms with Gasteiger partial charge in [0.15, 0.2) is 11.6 Å². The molecule has 0 fully saturated rings. The van der Waals surface area contributed by atoms with Crippen molar-refractivity contribution in [1.29, 1.82) is 0 Å². The predicted octanol–water partition coefficient (Wildman–Crippen LogP) is 4.59. The molecule has 6 heteroatoms. The maximum absolute atomic E-state index is 6.44. The van der Waals surface area contributed by atoms with Gasteiger partial charge in [0.2, 0.25) is 0 Å². The van der Waals surface area contributed by atoms with Crippen molar-refractivity contribution in [3.63, 3.8) is 0 Å². The van der Waals surface area contributed by atoms with E-state index in [2.05, 4.69) is 52.2 Å². The van der Waals surface area contributed by atoms with Gasteiger partial charge in [-0.05, 0) is 56.2 Å². The lowest BCUT2D eigenvalue weighted by Gasteiger charge is -2.24. The Morgan fingerprint density at radius 1 is 1.07 bits per heavy atom. The third kappa shape index (κ3) is 3.95. The van der Waals surface area contributed by atoms with Crippen molar-refractivity contribution < 1.29 is 4.74 Å². The fourth-order valence-corrected chi connectivity index (χ4v) is 3.00. The van der Waals surface area contributed by atoms with Crippen LogP contribution in [0.3, 0.4) is 0 Å². The number of nitrogens with one attached hydrogen (secondary N) is 1. The molecule has 0 amide bonds. The SMILES string of the molecule is CCN(c1cccc(C)c1)c1ncnc(Nc2cc(C)ccc2OC)c1N. The minimum absolute atomic E-state index is 0.490. The Balaban J connectivity index is 2.00. The Morgan fingerprint density at radius 3 is 2.56 bits per heavy atom. The summed E-state index contributed by atoms with van der Waals surface area (Å²) in [6, 6.07) is 14.2. The molecule has 2 aromatic carbocycles. The van der Waals surface area contributed by atoms with Gasteiger partial charge in [0.1, 0.15) is 17.8 Å². The lowest BCUT2D eigenvalue weighted by Crippen LogP contribution is -2.20. The van der Waals surface area contributed by atoms with Gasteiger partial charge in [-0.1, -0.05) is 18.2 Å². The van der Waals surface area contributed by atoms with E-state index in [9.17, 15) is 0 Å². The van der Waals surface area contributed by atoms with Gasteiger partial charge >= 0.3 is 0 Å². The number of benzene rings is 2. The maximum Gasteiger partial charge on any atom is 0.161 e. The largest absolute Gasteiger partial charge is 0.495 e. The summed E-state index contributed by atoms with van der Waals surface area (Å²) in [5.74, 6) is 1.95. The highest BCUT2D eigenvalue weighted by Gasteiger charge is 2.17. The van der Waals surface area contributed by atoms with Crippen molar-refractivity contribution in [3.05, 3.63) is 59.9 Å². The summed E-state index contributed by atoms with van der Waals surface area (Å²) < 4.78 is 5.44. The number of hydrogen-bond acceptors (Lipinski definition) is 6. The van der Waals surface area contributed by atoms with Crippen molar-refractivity contribution in [2.75, 3.05) is 29.6 Å². The van der Waals surface area contributed by atoms with Crippen LogP contribution in [0.15, 0.2) is 48.8 Å². The number of aryl methyl sites for hydroxylation is 2. The Bertz CT molecular complexity index is 942. The first kappa shape index (κ1) is 18.5. The molecule has 0 aliphatic heterocycles. The van der Waals surface area contributed by atoms with Crippen molar-refractivity contribution in [1.82, 2.24) is 9.97 Å². The lowest BCUT2D eigenvalue weighted by atomic mass is 10.2. The van der Waals surface area contributed by atoms with Crippen molar-refractivity contribution in [2.24, 2.45) is 0 Å². The molecule has 27 heavy (non-hydrogen) atoms. The molecular weight excluding hydrogens is 338 g/mol. The summed E-state index contributed by atoms with van der Waals surface area (Å²) in [4.78, 5) is 10.8. The van der Waals surface area contributed by atoms with Gasteiger partial charge < -0.3 is 20.7 Å². The van der Waals surface area contributed by atoms with E-state index in [1.807, 2.05) is 31.2 Å². The van der Waals surface area contributed by atoms with E-state index in [4.69, 9.17) is 10.5 Å². The molecule has 6 nitrogen and oxygen atoms in total. The molecule has 0 spiro atoms. The lowest BCUT2D eigenvalue weighted by molar-refractivity contribution is 0.416. The van der Waals surface area contributed by atoms with Gasteiger partial charge in [-0.3, -0.25) is 0 Å². The topological polar surface area (TPSA) is 76.3 Å². The van der Waals surface area contributed by atoms with Crippen molar-refractivity contribution in [2.45, 2.75) is 20.8 Å². The van der Waals surface area contributed by atoms with Crippen LogP contribution in [0.1, 0.15) is 18.1 Å². The van der Waals surface area contributed by atoms with Gasteiger partial charge in [0.05, 0.1) is 12.8 Å². The Kier molecular flexibility index (Phi) is 5.45. The van der Waals surface area contributed by atoms with Gasteiger partial charge in [0, 0.05) is 12.2 Å². The zero-order chi connectivity index (χ0) is 19.4. The molecule has 3 N–H and O–H groups in total. The van der Waals surface area contributed by atoms with Crippen LogP contribution in [0.25, 0.3) is 0 Å². The van der Waals surface area contributed by atoms with Gasteiger partial charge in [0.25, 0.3) is 0 Å². The molecule has 0 bridgehead atoms. The van der Waals surface area contributed by atoms with E-state index in [1.165, 1.54) is 11.9 Å². The van der Waals surface area contributed by atoms with E-state index in [1.54, 1.807) is 7.11 Å². The third-order valence-corrected chi connectivity index (χ3v) is 4.36. The summed E-state index contributed by atoms with van der Waals surface area (Å²) in [5, 5.41) is 3.29. The molecular formula is C21H25N5O. The Hall–Kier alpha value is -3.28. The van der Waals surface area contributed by atoms with Crippen LogP contribution >= 0.6 is 0 Å². The molecule has 0 aliphatic carbocycles. The minimum atomic E-state index is 0.490. The fourth-order valence-electron chi connectivity index (χ4n) is 3.00. The zero-order valence-electron chi connectivity index (χ0n) is 16.2. The molecule has 140 valence electrons. The number of nitrogen functional groups attached to an aromatic ring is 1. The third-order valence-electron chi connectivity index (χ3n) is 4.36. The van der Waals surface area contributed by atoms with Crippen LogP contribution in [-0.2, 0) is 0 Å². The van der Waals surface area contributed by atoms with Crippen LogP contribution < -0.4 is 20.7 Å². The average molecular weight is 363 g/mol. The molecule has 0 aliphatic rings. The van der Waals surface area contributed by atoms with Crippen LogP contribution in [0.2, 0.25) is 0 Å². The van der Waals surface area contributed by atoms with E-state index in [-0.39, 0.29) is 0 Å². The first-order valence-electron chi connectivity index (χ1n) is 8.89. The van der Waals surface area contributed by atoms with Crippen LogP contribution in [0.4, 0.5) is 28.7 Å². The summed E-state index contributed by atoms with van der Waals surface area (Å²) >= 11 is 0. The number of rotatable bonds is 6. The highest BCUT2D eigenvalue weighted by molar-refractivity contribution is 5.82. The Labute approximate surface area is 160 Å². The second-order valence-electron chi connectivity index (χ2n) is 6.37. The standard InChI is InChI=1S/C21H25N5O/c1-5-26(16-8-6-7-14(2)11-16)21-19(22)20(23-13-24-21)25-17-12-15(3)9-10-18(17)27-4/h6-13H,5,22H2,1-4H3,(H,23,24,25). The van der Waals surface area contributed by atoms with Crippen molar-refractivity contribution in [3.8, 4) is 5.75 Å². The van der Waals surface area contributed by atoms with E-state index < -0.39 is 0 Å². The van der Waals surface area contributed by atoms with Gasteiger partial charge in [-0.25, -0.2) is 9.97 Å². The highest BCUT2D eigenvalue weighted by Crippen LogP contribution is 2.35. The molecule has 1 aromatic heterocycles. The second kappa shape index (κ2) is 7.95.